The number of nitrogens with zero attached hydrogens (tertiary/aromatic N) is 4. The van der Waals surface area contributed by atoms with Crippen LogP contribution in [0.3, 0.4) is 0 Å². The minimum absolute atomic E-state index is 0.136. The lowest BCUT2D eigenvalue weighted by molar-refractivity contribution is -0.130. The van der Waals surface area contributed by atoms with Gasteiger partial charge in [0.25, 0.3) is 0 Å². The monoisotopic (exact) mass is 317 g/mol. The molecule has 6 nitrogen and oxygen atoms in total. The van der Waals surface area contributed by atoms with Gasteiger partial charge in [-0.05, 0) is 19.8 Å². The molecule has 2 aromatic rings. The SMILES string of the molecule is CC(=O)N1CCCC(c2cc(Nc3nccs3)nc(C)n2)C1. The number of rotatable bonds is 3. The molecular weight excluding hydrogens is 298 g/mol. The normalized spacial score (nSPS) is 18.3. The van der Waals surface area contributed by atoms with Crippen LogP contribution < -0.4 is 5.32 Å². The molecule has 1 aliphatic rings. The van der Waals surface area contributed by atoms with Crippen molar-refractivity contribution in [2.75, 3.05) is 18.4 Å². The zero-order valence-corrected chi connectivity index (χ0v) is 13.6. The zero-order chi connectivity index (χ0) is 15.5. The Morgan fingerprint density at radius 2 is 2.32 bits per heavy atom. The number of amides is 1. The number of aryl methyl sites for hydroxylation is 1. The van der Waals surface area contributed by atoms with Gasteiger partial charge in [0.05, 0.1) is 5.69 Å². The molecule has 1 N–H and O–H groups in total. The molecule has 0 aromatic carbocycles. The lowest BCUT2D eigenvalue weighted by Crippen LogP contribution is -2.37. The van der Waals surface area contributed by atoms with Crippen molar-refractivity contribution in [1.82, 2.24) is 19.9 Å². The number of anilines is 2. The first-order valence-electron chi connectivity index (χ1n) is 7.39. The summed E-state index contributed by atoms with van der Waals surface area (Å²) in [5.41, 5.74) is 0.998. The quantitative estimate of drug-likeness (QED) is 0.942. The molecule has 0 saturated carbocycles. The maximum Gasteiger partial charge on any atom is 0.219 e. The number of piperidine rings is 1. The Balaban J connectivity index is 1.81. The molecule has 1 saturated heterocycles. The van der Waals surface area contributed by atoms with Gasteiger partial charge in [0, 0.05) is 43.6 Å². The fraction of sp³-hybridized carbons (Fsp3) is 0.467. The van der Waals surface area contributed by atoms with Crippen LogP contribution in [0.1, 0.15) is 37.2 Å². The second-order valence-corrected chi connectivity index (χ2v) is 6.39. The highest BCUT2D eigenvalue weighted by Crippen LogP contribution is 2.28. The summed E-state index contributed by atoms with van der Waals surface area (Å²) in [6.07, 6.45) is 3.83. The molecule has 0 aliphatic carbocycles. The predicted molar refractivity (Wildman–Crippen MR) is 86.4 cm³/mol. The van der Waals surface area contributed by atoms with E-state index >= 15 is 0 Å². The number of aromatic nitrogens is 3. The van der Waals surface area contributed by atoms with Gasteiger partial charge in [-0.15, -0.1) is 11.3 Å². The molecule has 7 heteroatoms. The number of thiazole rings is 1. The molecule has 116 valence electrons. The van der Waals surface area contributed by atoms with Gasteiger partial charge < -0.3 is 10.2 Å². The first-order chi connectivity index (χ1) is 10.6. The molecule has 0 radical (unpaired) electrons. The number of hydrogen-bond acceptors (Lipinski definition) is 6. The molecule has 1 amide bonds. The smallest absolute Gasteiger partial charge is 0.219 e. The number of carbonyl (C=O) groups excluding carboxylic acids is 1. The number of likely N-dealkylation sites (tertiary alicyclic amines) is 1. The van der Waals surface area contributed by atoms with E-state index in [0.717, 1.165) is 48.4 Å². The van der Waals surface area contributed by atoms with Gasteiger partial charge >= 0.3 is 0 Å². The Bertz CT molecular complexity index is 658. The molecule has 3 heterocycles. The average Bonchev–Trinajstić information content (AvgIpc) is 2.99. The van der Waals surface area contributed by atoms with Crippen LogP contribution in [-0.4, -0.2) is 38.8 Å². The minimum atomic E-state index is 0.136. The van der Waals surface area contributed by atoms with E-state index in [-0.39, 0.29) is 11.8 Å². The van der Waals surface area contributed by atoms with E-state index in [1.807, 2.05) is 23.3 Å². The Morgan fingerprint density at radius 3 is 3.05 bits per heavy atom. The summed E-state index contributed by atoms with van der Waals surface area (Å²) < 4.78 is 0. The standard InChI is InChI=1S/C15H19N5OS/c1-10-17-13(12-4-3-6-20(9-12)11(2)21)8-14(18-10)19-15-16-5-7-22-15/h5,7-8,12H,3-4,6,9H2,1-2H3,(H,16,17,18,19). The molecule has 0 bridgehead atoms. The molecule has 1 unspecified atom stereocenters. The van der Waals surface area contributed by atoms with Crippen molar-refractivity contribution in [3.8, 4) is 0 Å². The van der Waals surface area contributed by atoms with Gasteiger partial charge in [0.2, 0.25) is 5.91 Å². The fourth-order valence-electron chi connectivity index (χ4n) is 2.76. The third-order valence-electron chi connectivity index (χ3n) is 3.81. The van der Waals surface area contributed by atoms with Crippen LogP contribution in [0.15, 0.2) is 17.6 Å². The van der Waals surface area contributed by atoms with Crippen molar-refractivity contribution >= 4 is 28.2 Å². The first kappa shape index (κ1) is 14.9. The second-order valence-electron chi connectivity index (χ2n) is 5.49. The highest BCUT2D eigenvalue weighted by Gasteiger charge is 2.24. The number of hydrogen-bond donors (Lipinski definition) is 1. The summed E-state index contributed by atoms with van der Waals surface area (Å²) >= 11 is 1.53. The first-order valence-corrected chi connectivity index (χ1v) is 8.27. The highest BCUT2D eigenvalue weighted by molar-refractivity contribution is 7.13. The van der Waals surface area contributed by atoms with Crippen LogP contribution in [-0.2, 0) is 4.79 Å². The maximum atomic E-state index is 11.6. The largest absolute Gasteiger partial charge is 0.342 e. The summed E-state index contributed by atoms with van der Waals surface area (Å²) in [5, 5.41) is 5.95. The summed E-state index contributed by atoms with van der Waals surface area (Å²) in [4.78, 5) is 26.7. The third-order valence-corrected chi connectivity index (χ3v) is 4.50. The van der Waals surface area contributed by atoms with Gasteiger partial charge in [-0.1, -0.05) is 0 Å². The van der Waals surface area contributed by atoms with E-state index in [2.05, 4.69) is 20.3 Å². The van der Waals surface area contributed by atoms with Crippen LogP contribution in [0, 0.1) is 6.92 Å². The maximum absolute atomic E-state index is 11.6. The minimum Gasteiger partial charge on any atom is -0.342 e. The van der Waals surface area contributed by atoms with E-state index in [1.165, 1.54) is 11.3 Å². The zero-order valence-electron chi connectivity index (χ0n) is 12.7. The Kier molecular flexibility index (Phi) is 4.33. The van der Waals surface area contributed by atoms with Crippen molar-refractivity contribution in [3.05, 3.63) is 29.2 Å². The van der Waals surface area contributed by atoms with Crippen LogP contribution in [0.4, 0.5) is 10.9 Å². The molecule has 1 atom stereocenters. The summed E-state index contributed by atoms with van der Waals surface area (Å²) in [7, 11) is 0. The lowest BCUT2D eigenvalue weighted by atomic mass is 9.94. The van der Waals surface area contributed by atoms with Crippen molar-refractivity contribution in [2.24, 2.45) is 0 Å². The number of carbonyl (C=O) groups is 1. The molecule has 2 aromatic heterocycles. The van der Waals surface area contributed by atoms with E-state index in [4.69, 9.17) is 0 Å². The van der Waals surface area contributed by atoms with Gasteiger partial charge in [-0.25, -0.2) is 15.0 Å². The summed E-state index contributed by atoms with van der Waals surface area (Å²) in [6.45, 7) is 5.10. The van der Waals surface area contributed by atoms with E-state index in [9.17, 15) is 4.79 Å². The lowest BCUT2D eigenvalue weighted by Gasteiger charge is -2.31. The second kappa shape index (κ2) is 6.39. The Hall–Kier alpha value is -2.02. The Morgan fingerprint density at radius 1 is 1.45 bits per heavy atom. The van der Waals surface area contributed by atoms with Crippen molar-refractivity contribution in [1.29, 1.82) is 0 Å². The van der Waals surface area contributed by atoms with Crippen molar-refractivity contribution in [3.63, 3.8) is 0 Å². The summed E-state index contributed by atoms with van der Waals surface area (Å²) in [6, 6.07) is 1.97. The van der Waals surface area contributed by atoms with Crippen molar-refractivity contribution < 1.29 is 4.79 Å². The van der Waals surface area contributed by atoms with Crippen molar-refractivity contribution in [2.45, 2.75) is 32.6 Å². The van der Waals surface area contributed by atoms with Gasteiger partial charge in [0.15, 0.2) is 5.13 Å². The van der Waals surface area contributed by atoms with Gasteiger partial charge in [0.1, 0.15) is 11.6 Å². The van der Waals surface area contributed by atoms with Gasteiger partial charge in [-0.2, -0.15) is 0 Å². The van der Waals surface area contributed by atoms with Crippen LogP contribution in [0.25, 0.3) is 0 Å². The molecule has 1 fully saturated rings. The molecule has 22 heavy (non-hydrogen) atoms. The van der Waals surface area contributed by atoms with E-state index in [1.54, 1.807) is 13.1 Å². The highest BCUT2D eigenvalue weighted by atomic mass is 32.1. The summed E-state index contributed by atoms with van der Waals surface area (Å²) in [5.74, 6) is 1.90. The van der Waals surface area contributed by atoms with E-state index in [0.29, 0.717) is 0 Å². The van der Waals surface area contributed by atoms with Crippen LogP contribution in [0.5, 0.6) is 0 Å². The van der Waals surface area contributed by atoms with Crippen LogP contribution >= 0.6 is 11.3 Å². The third kappa shape index (κ3) is 3.41. The molecular formula is C15H19N5OS. The molecule has 0 spiro atoms. The average molecular weight is 317 g/mol. The Labute approximate surface area is 133 Å². The van der Waals surface area contributed by atoms with Crippen LogP contribution in [0.2, 0.25) is 0 Å². The molecule has 3 rings (SSSR count). The number of nitrogens with one attached hydrogen (secondary N) is 1. The fourth-order valence-corrected chi connectivity index (χ4v) is 3.30. The van der Waals surface area contributed by atoms with E-state index < -0.39 is 0 Å². The predicted octanol–water partition coefficient (Wildman–Crippen LogP) is 2.71. The molecule has 1 aliphatic heterocycles. The van der Waals surface area contributed by atoms with Gasteiger partial charge in [-0.3, -0.25) is 4.79 Å². The topological polar surface area (TPSA) is 71.0 Å².